The molecule has 0 aliphatic rings. The maximum absolute atomic E-state index is 11.0. The summed E-state index contributed by atoms with van der Waals surface area (Å²) in [5.41, 5.74) is -2.79. The SMILES string of the molecule is CC[C@@H](CO)Nc1c([N+](=O)[O-])cc([N+](=O)[O-])cc1[N+](=O)[O-]. The standard InChI is InChI=1S/C10H12N4O7/c1-2-6(5-15)11-10-8(13(18)19)3-7(12(16)17)4-9(10)14(20)21/h3-4,6,11,15H,2,5H2,1H3/t6-/m0/s1. The van der Waals surface area contributed by atoms with Gasteiger partial charge in [-0.25, -0.2) is 0 Å². The van der Waals surface area contributed by atoms with Crippen molar-refractivity contribution in [1.82, 2.24) is 0 Å². The summed E-state index contributed by atoms with van der Waals surface area (Å²) in [6.07, 6.45) is 0.349. The summed E-state index contributed by atoms with van der Waals surface area (Å²) in [6, 6.07) is 0.627. The van der Waals surface area contributed by atoms with Crippen LogP contribution in [-0.4, -0.2) is 32.5 Å². The Kier molecular flexibility index (Phi) is 5.07. The number of hydrogen-bond acceptors (Lipinski definition) is 8. The Labute approximate surface area is 117 Å². The first-order chi connectivity index (χ1) is 9.81. The largest absolute Gasteiger partial charge is 0.394 e. The van der Waals surface area contributed by atoms with E-state index < -0.39 is 50.2 Å². The van der Waals surface area contributed by atoms with Crippen molar-refractivity contribution in [3.05, 3.63) is 42.5 Å². The molecule has 2 N–H and O–H groups in total. The topological polar surface area (TPSA) is 162 Å². The Morgan fingerprint density at radius 3 is 1.86 bits per heavy atom. The fraction of sp³-hybridized carbons (Fsp3) is 0.400. The number of nitrogens with zero attached hydrogens (tertiary/aromatic N) is 3. The molecule has 0 aromatic heterocycles. The van der Waals surface area contributed by atoms with Crippen molar-refractivity contribution >= 4 is 22.7 Å². The van der Waals surface area contributed by atoms with Crippen LogP contribution in [0.3, 0.4) is 0 Å². The van der Waals surface area contributed by atoms with Crippen LogP contribution in [0.25, 0.3) is 0 Å². The second kappa shape index (κ2) is 6.56. The van der Waals surface area contributed by atoms with Gasteiger partial charge in [0, 0.05) is 6.04 Å². The van der Waals surface area contributed by atoms with Crippen LogP contribution in [0.2, 0.25) is 0 Å². The van der Waals surface area contributed by atoms with Gasteiger partial charge in [-0.15, -0.1) is 0 Å². The lowest BCUT2D eigenvalue weighted by Crippen LogP contribution is -2.23. The maximum Gasteiger partial charge on any atom is 0.306 e. The minimum atomic E-state index is -0.952. The molecule has 0 heterocycles. The van der Waals surface area contributed by atoms with Gasteiger partial charge in [0.05, 0.1) is 33.5 Å². The Hall–Kier alpha value is -2.82. The van der Waals surface area contributed by atoms with Crippen LogP contribution in [0.15, 0.2) is 12.1 Å². The minimum absolute atomic E-state index is 0.349. The van der Waals surface area contributed by atoms with Gasteiger partial charge in [-0.05, 0) is 6.42 Å². The number of nitrogens with one attached hydrogen (secondary N) is 1. The van der Waals surface area contributed by atoms with Gasteiger partial charge >= 0.3 is 11.4 Å². The van der Waals surface area contributed by atoms with E-state index >= 15 is 0 Å². The molecule has 0 aliphatic carbocycles. The third-order valence-corrected chi connectivity index (χ3v) is 2.75. The molecule has 0 unspecified atom stereocenters. The van der Waals surface area contributed by atoms with E-state index in [1.54, 1.807) is 6.92 Å². The molecular formula is C10H12N4O7. The van der Waals surface area contributed by atoms with Crippen molar-refractivity contribution in [2.45, 2.75) is 19.4 Å². The minimum Gasteiger partial charge on any atom is -0.394 e. The van der Waals surface area contributed by atoms with Gasteiger partial charge in [-0.1, -0.05) is 6.92 Å². The van der Waals surface area contributed by atoms with Crippen molar-refractivity contribution in [3.8, 4) is 0 Å². The summed E-state index contributed by atoms with van der Waals surface area (Å²) in [6.45, 7) is 1.26. The number of aliphatic hydroxyl groups excluding tert-OH is 1. The predicted molar refractivity (Wildman–Crippen MR) is 71.2 cm³/mol. The summed E-state index contributed by atoms with van der Waals surface area (Å²) in [7, 11) is 0. The molecule has 1 atom stereocenters. The van der Waals surface area contributed by atoms with Crippen molar-refractivity contribution in [2.75, 3.05) is 11.9 Å². The van der Waals surface area contributed by atoms with Gasteiger partial charge in [-0.3, -0.25) is 30.3 Å². The fourth-order valence-corrected chi connectivity index (χ4v) is 1.62. The second-order valence-corrected chi connectivity index (χ2v) is 4.06. The molecule has 0 bridgehead atoms. The molecule has 0 amide bonds. The van der Waals surface area contributed by atoms with Gasteiger partial charge in [0.15, 0.2) is 5.69 Å². The molecule has 0 fully saturated rings. The van der Waals surface area contributed by atoms with E-state index in [4.69, 9.17) is 5.11 Å². The van der Waals surface area contributed by atoms with Gasteiger partial charge in [-0.2, -0.15) is 0 Å². The van der Waals surface area contributed by atoms with E-state index in [0.29, 0.717) is 18.6 Å². The molecule has 21 heavy (non-hydrogen) atoms. The summed E-state index contributed by atoms with van der Waals surface area (Å²) < 4.78 is 0. The Bertz CT molecular complexity index is 550. The summed E-state index contributed by atoms with van der Waals surface area (Å²) in [5.74, 6) is 0. The molecule has 0 spiro atoms. The van der Waals surface area contributed by atoms with Gasteiger partial charge in [0.25, 0.3) is 5.69 Å². The van der Waals surface area contributed by atoms with Crippen LogP contribution in [0.5, 0.6) is 0 Å². The Morgan fingerprint density at radius 1 is 1.10 bits per heavy atom. The average molecular weight is 300 g/mol. The first-order valence-electron chi connectivity index (χ1n) is 5.80. The lowest BCUT2D eigenvalue weighted by Gasteiger charge is -2.15. The molecule has 1 rings (SSSR count). The number of benzene rings is 1. The molecular weight excluding hydrogens is 288 g/mol. The lowest BCUT2D eigenvalue weighted by molar-refractivity contribution is -0.401. The van der Waals surface area contributed by atoms with Crippen LogP contribution < -0.4 is 5.32 Å². The highest BCUT2D eigenvalue weighted by Crippen LogP contribution is 2.38. The number of nitro groups is 3. The van der Waals surface area contributed by atoms with E-state index in [9.17, 15) is 30.3 Å². The number of aliphatic hydroxyl groups is 1. The zero-order chi connectivity index (χ0) is 16.2. The van der Waals surface area contributed by atoms with E-state index in [0.717, 1.165) is 0 Å². The Balaban J connectivity index is 3.53. The van der Waals surface area contributed by atoms with E-state index in [1.807, 2.05) is 0 Å². The molecule has 0 saturated heterocycles. The average Bonchev–Trinajstić information content (AvgIpc) is 2.43. The van der Waals surface area contributed by atoms with Crippen molar-refractivity contribution in [3.63, 3.8) is 0 Å². The highest BCUT2D eigenvalue weighted by molar-refractivity contribution is 5.77. The normalized spacial score (nSPS) is 11.7. The van der Waals surface area contributed by atoms with Crippen LogP contribution in [0.4, 0.5) is 22.7 Å². The molecule has 11 nitrogen and oxygen atoms in total. The monoisotopic (exact) mass is 300 g/mol. The van der Waals surface area contributed by atoms with Crippen molar-refractivity contribution in [1.29, 1.82) is 0 Å². The number of non-ortho nitro benzene ring substituents is 1. The number of anilines is 1. The van der Waals surface area contributed by atoms with E-state index in [1.165, 1.54) is 0 Å². The fourth-order valence-electron chi connectivity index (χ4n) is 1.62. The number of nitro benzene ring substituents is 3. The molecule has 0 aliphatic heterocycles. The highest BCUT2D eigenvalue weighted by atomic mass is 16.6. The second-order valence-electron chi connectivity index (χ2n) is 4.06. The molecule has 1 aromatic carbocycles. The van der Waals surface area contributed by atoms with Gasteiger partial charge < -0.3 is 10.4 Å². The summed E-state index contributed by atoms with van der Waals surface area (Å²) in [4.78, 5) is 29.8. The molecule has 1 aromatic rings. The summed E-state index contributed by atoms with van der Waals surface area (Å²) >= 11 is 0. The van der Waals surface area contributed by atoms with Crippen LogP contribution in [0, 0.1) is 30.3 Å². The van der Waals surface area contributed by atoms with Crippen LogP contribution in [0.1, 0.15) is 13.3 Å². The highest BCUT2D eigenvalue weighted by Gasteiger charge is 2.31. The Morgan fingerprint density at radius 2 is 1.57 bits per heavy atom. The van der Waals surface area contributed by atoms with E-state index in [2.05, 4.69) is 5.32 Å². The van der Waals surface area contributed by atoms with E-state index in [-0.39, 0.29) is 0 Å². The molecule has 114 valence electrons. The van der Waals surface area contributed by atoms with Gasteiger partial charge in [0.2, 0.25) is 0 Å². The zero-order valence-electron chi connectivity index (χ0n) is 10.9. The lowest BCUT2D eigenvalue weighted by atomic mass is 10.1. The zero-order valence-corrected chi connectivity index (χ0v) is 10.9. The third-order valence-electron chi connectivity index (χ3n) is 2.75. The van der Waals surface area contributed by atoms with Gasteiger partial charge in [0.1, 0.15) is 0 Å². The molecule has 11 heteroatoms. The predicted octanol–water partition coefficient (Wildman–Crippen LogP) is 1.59. The smallest absolute Gasteiger partial charge is 0.306 e. The maximum atomic E-state index is 11.0. The quantitative estimate of drug-likeness (QED) is 0.566. The van der Waals surface area contributed by atoms with Crippen molar-refractivity contribution in [2.24, 2.45) is 0 Å². The van der Waals surface area contributed by atoms with Crippen LogP contribution in [-0.2, 0) is 0 Å². The first-order valence-corrected chi connectivity index (χ1v) is 5.80. The van der Waals surface area contributed by atoms with Crippen molar-refractivity contribution < 1.29 is 19.9 Å². The third kappa shape index (κ3) is 3.60. The number of rotatable bonds is 7. The van der Waals surface area contributed by atoms with Crippen LogP contribution >= 0.6 is 0 Å². The molecule has 0 saturated carbocycles. The number of hydrogen-bond donors (Lipinski definition) is 2. The summed E-state index contributed by atoms with van der Waals surface area (Å²) in [5, 5.41) is 44.2. The molecule has 0 radical (unpaired) electrons. The first kappa shape index (κ1) is 16.2.